The second-order valence-electron chi connectivity index (χ2n) is 7.07. The van der Waals surface area contributed by atoms with E-state index < -0.39 is 0 Å². The van der Waals surface area contributed by atoms with Crippen molar-refractivity contribution in [2.24, 2.45) is 5.92 Å². The van der Waals surface area contributed by atoms with Crippen LogP contribution in [0.1, 0.15) is 36.2 Å². The Balaban J connectivity index is 0.00000182. The smallest absolute Gasteiger partial charge is 0.270 e. The van der Waals surface area contributed by atoms with Crippen molar-refractivity contribution in [2.75, 3.05) is 19.6 Å². The summed E-state index contributed by atoms with van der Waals surface area (Å²) in [6.07, 6.45) is 4.90. The van der Waals surface area contributed by atoms with Crippen LogP contribution in [0.4, 0.5) is 0 Å². The van der Waals surface area contributed by atoms with Gasteiger partial charge in [0.2, 0.25) is 0 Å². The van der Waals surface area contributed by atoms with Crippen LogP contribution in [0.2, 0.25) is 0 Å². The molecular weight excluding hydrogens is 334 g/mol. The number of amides is 1. The molecule has 0 bridgehead atoms. The lowest BCUT2D eigenvalue weighted by Gasteiger charge is -2.32. The molecule has 25 heavy (non-hydrogen) atoms. The Kier molecular flexibility index (Phi) is 5.82. The highest BCUT2D eigenvalue weighted by Crippen LogP contribution is 2.28. The van der Waals surface area contributed by atoms with E-state index >= 15 is 0 Å². The Morgan fingerprint density at radius 2 is 1.76 bits per heavy atom. The lowest BCUT2D eigenvalue weighted by atomic mass is 10.0. The number of aromatic nitrogens is 1. The van der Waals surface area contributed by atoms with Gasteiger partial charge in [0.25, 0.3) is 5.91 Å². The molecule has 2 fully saturated rings. The van der Waals surface area contributed by atoms with E-state index in [1.54, 1.807) is 0 Å². The molecule has 1 saturated heterocycles. The van der Waals surface area contributed by atoms with Gasteiger partial charge in [0.05, 0.1) is 0 Å². The minimum atomic E-state index is 0. The third-order valence-corrected chi connectivity index (χ3v) is 5.18. The average Bonchev–Trinajstić information content (AvgIpc) is 3.34. The second kappa shape index (κ2) is 8.07. The van der Waals surface area contributed by atoms with E-state index in [0.29, 0.717) is 11.7 Å². The molecular formula is C20H26ClN3O. The number of aromatic amines is 1. The summed E-state index contributed by atoms with van der Waals surface area (Å²) < 4.78 is 0. The molecule has 4 rings (SSSR count). The van der Waals surface area contributed by atoms with E-state index in [1.165, 1.54) is 12.8 Å². The molecule has 4 nitrogen and oxygen atoms in total. The highest BCUT2D eigenvalue weighted by Gasteiger charge is 2.26. The molecule has 2 N–H and O–H groups in total. The fourth-order valence-corrected chi connectivity index (χ4v) is 3.42. The first kappa shape index (κ1) is 18.0. The predicted octanol–water partition coefficient (Wildman–Crippen LogP) is 3.71. The van der Waals surface area contributed by atoms with Gasteiger partial charge in [-0.1, -0.05) is 30.3 Å². The number of carbonyl (C=O) groups is 1. The van der Waals surface area contributed by atoms with Gasteiger partial charge >= 0.3 is 0 Å². The summed E-state index contributed by atoms with van der Waals surface area (Å²) >= 11 is 0. The van der Waals surface area contributed by atoms with Crippen LogP contribution in [0.25, 0.3) is 11.3 Å². The van der Waals surface area contributed by atoms with Gasteiger partial charge in [0.15, 0.2) is 0 Å². The maximum Gasteiger partial charge on any atom is 0.270 e. The maximum atomic E-state index is 12.7. The number of rotatable bonds is 5. The molecule has 0 spiro atoms. The van der Waals surface area contributed by atoms with E-state index in [1.807, 2.05) is 35.2 Å². The number of hydrogen-bond donors (Lipinski definition) is 2. The summed E-state index contributed by atoms with van der Waals surface area (Å²) in [4.78, 5) is 18.0. The standard InChI is InChI=1S/C20H25N3O.ClH/c24-20(19-9-8-18(22-19)16-4-2-1-3-5-16)23-12-10-17(11-13-23)21-14-15-6-7-15;/h1-5,8-9,15,17,21-22H,6-7,10-14H2;1H. The van der Waals surface area contributed by atoms with Gasteiger partial charge in [-0.05, 0) is 55.8 Å². The molecule has 2 aromatic rings. The molecule has 0 radical (unpaired) electrons. The van der Waals surface area contributed by atoms with Crippen LogP contribution >= 0.6 is 12.4 Å². The molecule has 1 aliphatic heterocycles. The monoisotopic (exact) mass is 359 g/mol. The molecule has 0 unspecified atom stereocenters. The summed E-state index contributed by atoms with van der Waals surface area (Å²) in [5, 5.41) is 3.66. The predicted molar refractivity (Wildman–Crippen MR) is 103 cm³/mol. The van der Waals surface area contributed by atoms with Gasteiger partial charge in [-0.25, -0.2) is 0 Å². The van der Waals surface area contributed by atoms with E-state index in [-0.39, 0.29) is 18.3 Å². The van der Waals surface area contributed by atoms with Gasteiger partial charge in [0.1, 0.15) is 5.69 Å². The minimum absolute atomic E-state index is 0. The number of benzene rings is 1. The van der Waals surface area contributed by atoms with Crippen LogP contribution in [0.5, 0.6) is 0 Å². The van der Waals surface area contributed by atoms with E-state index in [9.17, 15) is 4.79 Å². The number of carbonyl (C=O) groups excluding carboxylic acids is 1. The Hall–Kier alpha value is -1.78. The number of likely N-dealkylation sites (tertiary alicyclic amines) is 1. The second-order valence-corrected chi connectivity index (χ2v) is 7.07. The Labute approximate surface area is 155 Å². The van der Waals surface area contributed by atoms with Crippen LogP contribution in [0.3, 0.4) is 0 Å². The van der Waals surface area contributed by atoms with Crippen molar-refractivity contribution in [3.63, 3.8) is 0 Å². The molecule has 1 aromatic heterocycles. The minimum Gasteiger partial charge on any atom is -0.351 e. The zero-order valence-corrected chi connectivity index (χ0v) is 15.2. The molecule has 1 amide bonds. The lowest BCUT2D eigenvalue weighted by molar-refractivity contribution is 0.0700. The summed E-state index contributed by atoms with van der Waals surface area (Å²) in [7, 11) is 0. The molecule has 2 aliphatic rings. The highest BCUT2D eigenvalue weighted by atomic mass is 35.5. The first-order valence-corrected chi connectivity index (χ1v) is 9.07. The topological polar surface area (TPSA) is 48.1 Å². The van der Waals surface area contributed by atoms with Crippen molar-refractivity contribution in [2.45, 2.75) is 31.7 Å². The number of piperidine rings is 1. The van der Waals surface area contributed by atoms with Crippen molar-refractivity contribution in [3.05, 3.63) is 48.2 Å². The van der Waals surface area contributed by atoms with Crippen molar-refractivity contribution in [1.29, 1.82) is 0 Å². The molecule has 5 heteroatoms. The van der Waals surface area contributed by atoms with Crippen LogP contribution in [0, 0.1) is 5.92 Å². The molecule has 0 atom stereocenters. The Bertz CT molecular complexity index is 688. The zero-order valence-electron chi connectivity index (χ0n) is 14.4. The third kappa shape index (κ3) is 4.44. The SMILES string of the molecule is Cl.O=C(c1ccc(-c2ccccc2)[nH]1)N1CCC(NCC2CC2)CC1. The van der Waals surface area contributed by atoms with Crippen LogP contribution in [0.15, 0.2) is 42.5 Å². The highest BCUT2D eigenvalue weighted by molar-refractivity contribution is 5.93. The number of nitrogens with one attached hydrogen (secondary N) is 2. The summed E-state index contributed by atoms with van der Waals surface area (Å²) in [5.41, 5.74) is 2.80. The van der Waals surface area contributed by atoms with Gasteiger partial charge in [-0.15, -0.1) is 12.4 Å². The molecule has 2 heterocycles. The number of nitrogens with zero attached hydrogens (tertiary/aromatic N) is 1. The van der Waals surface area contributed by atoms with Crippen molar-refractivity contribution in [3.8, 4) is 11.3 Å². The largest absolute Gasteiger partial charge is 0.351 e. The number of halogens is 1. The number of hydrogen-bond acceptors (Lipinski definition) is 2. The molecule has 1 saturated carbocycles. The Morgan fingerprint density at radius 3 is 2.44 bits per heavy atom. The van der Waals surface area contributed by atoms with E-state index in [4.69, 9.17) is 0 Å². The first-order chi connectivity index (χ1) is 11.8. The normalized spacial score (nSPS) is 18.0. The molecule has 1 aliphatic carbocycles. The average molecular weight is 360 g/mol. The fraction of sp³-hybridized carbons (Fsp3) is 0.450. The van der Waals surface area contributed by atoms with Gasteiger partial charge in [-0.3, -0.25) is 4.79 Å². The van der Waals surface area contributed by atoms with E-state index in [2.05, 4.69) is 22.4 Å². The molecule has 134 valence electrons. The van der Waals surface area contributed by atoms with E-state index in [0.717, 1.165) is 49.7 Å². The van der Waals surface area contributed by atoms with Crippen molar-refractivity contribution in [1.82, 2.24) is 15.2 Å². The van der Waals surface area contributed by atoms with Crippen LogP contribution < -0.4 is 5.32 Å². The lowest BCUT2D eigenvalue weighted by Crippen LogP contribution is -2.45. The van der Waals surface area contributed by atoms with Crippen LogP contribution in [-0.2, 0) is 0 Å². The zero-order chi connectivity index (χ0) is 16.4. The fourth-order valence-electron chi connectivity index (χ4n) is 3.42. The van der Waals surface area contributed by atoms with Gasteiger partial charge < -0.3 is 15.2 Å². The van der Waals surface area contributed by atoms with Gasteiger partial charge in [0, 0.05) is 24.8 Å². The van der Waals surface area contributed by atoms with Crippen molar-refractivity contribution >= 4 is 18.3 Å². The Morgan fingerprint density at radius 1 is 1.04 bits per heavy atom. The van der Waals surface area contributed by atoms with Crippen LogP contribution in [-0.4, -0.2) is 41.5 Å². The summed E-state index contributed by atoms with van der Waals surface area (Å²) in [5.74, 6) is 1.04. The summed E-state index contributed by atoms with van der Waals surface area (Å²) in [6, 6.07) is 14.6. The molecule has 1 aromatic carbocycles. The maximum absolute atomic E-state index is 12.7. The van der Waals surface area contributed by atoms with Crippen molar-refractivity contribution < 1.29 is 4.79 Å². The number of H-pyrrole nitrogens is 1. The quantitative estimate of drug-likeness (QED) is 0.855. The third-order valence-electron chi connectivity index (χ3n) is 5.18. The first-order valence-electron chi connectivity index (χ1n) is 9.07. The van der Waals surface area contributed by atoms with Gasteiger partial charge in [-0.2, -0.15) is 0 Å². The summed E-state index contributed by atoms with van der Waals surface area (Å²) in [6.45, 7) is 2.86.